The van der Waals surface area contributed by atoms with E-state index in [2.05, 4.69) is 10.6 Å². The van der Waals surface area contributed by atoms with Crippen molar-refractivity contribution in [3.8, 4) is 0 Å². The summed E-state index contributed by atoms with van der Waals surface area (Å²) in [5, 5.41) is 6.05. The molecule has 2 aromatic rings. The van der Waals surface area contributed by atoms with E-state index in [1.54, 1.807) is 37.1 Å². The van der Waals surface area contributed by atoms with E-state index in [1.807, 2.05) is 49.3 Å². The zero-order valence-electron chi connectivity index (χ0n) is 18.8. The average molecular weight is 437 g/mol. The van der Waals surface area contributed by atoms with E-state index < -0.39 is 5.97 Å². The maximum atomic E-state index is 12.4. The smallest absolute Gasteiger partial charge is 0.338 e. The Hall–Kier alpha value is -3.65. The highest BCUT2D eigenvalue weighted by Crippen LogP contribution is 2.32. The van der Waals surface area contributed by atoms with Gasteiger partial charge in [-0.3, -0.25) is 9.59 Å². The fraction of sp³-hybridized carbons (Fsp3) is 0.292. The standard InChI is InChI=1S/C24H28N4O4/c1-5-32-24(31)16-6-11-19-20(23(30)26-21(19)14-16)12-13-25-17-7-9-18(10-8-17)28(4)22(29)15-27(2)3/h6-12,14,25H,5,13,15H2,1-4H3,(H,26,30)/b20-12-. The van der Waals surface area contributed by atoms with Gasteiger partial charge >= 0.3 is 5.97 Å². The molecule has 8 nitrogen and oxygen atoms in total. The number of hydrogen-bond acceptors (Lipinski definition) is 6. The van der Waals surface area contributed by atoms with E-state index in [0.717, 1.165) is 16.9 Å². The first kappa shape index (κ1) is 23.0. The van der Waals surface area contributed by atoms with Crippen molar-refractivity contribution in [2.75, 3.05) is 56.4 Å². The lowest BCUT2D eigenvalue weighted by Gasteiger charge is -2.20. The first-order valence-corrected chi connectivity index (χ1v) is 10.4. The first-order valence-electron chi connectivity index (χ1n) is 10.4. The highest BCUT2D eigenvalue weighted by atomic mass is 16.5. The van der Waals surface area contributed by atoms with Crippen LogP contribution in [-0.2, 0) is 14.3 Å². The summed E-state index contributed by atoms with van der Waals surface area (Å²) in [5.74, 6) is -0.613. The van der Waals surface area contributed by atoms with Crippen molar-refractivity contribution >= 4 is 40.4 Å². The topological polar surface area (TPSA) is 91.0 Å². The van der Waals surface area contributed by atoms with E-state index in [4.69, 9.17) is 4.74 Å². The normalized spacial score (nSPS) is 13.7. The molecule has 2 N–H and O–H groups in total. The molecule has 0 aliphatic carbocycles. The molecule has 2 aromatic carbocycles. The number of ether oxygens (including phenoxy) is 1. The van der Waals surface area contributed by atoms with Crippen molar-refractivity contribution in [2.45, 2.75) is 6.92 Å². The molecule has 32 heavy (non-hydrogen) atoms. The minimum atomic E-state index is -0.416. The number of carbonyl (C=O) groups excluding carboxylic acids is 3. The molecule has 2 amide bonds. The van der Waals surface area contributed by atoms with Crippen LogP contribution in [0.3, 0.4) is 0 Å². The van der Waals surface area contributed by atoms with Crippen LogP contribution in [0, 0.1) is 0 Å². The molecule has 0 bridgehead atoms. The Labute approximate surface area is 187 Å². The third-order valence-electron chi connectivity index (χ3n) is 5.01. The molecule has 0 saturated carbocycles. The first-order chi connectivity index (χ1) is 15.3. The number of rotatable bonds is 8. The Bertz CT molecular complexity index is 1040. The lowest BCUT2D eigenvalue weighted by molar-refractivity contribution is -0.119. The molecule has 0 aromatic heterocycles. The predicted molar refractivity (Wildman–Crippen MR) is 126 cm³/mol. The van der Waals surface area contributed by atoms with Crippen LogP contribution in [0.5, 0.6) is 0 Å². The zero-order valence-corrected chi connectivity index (χ0v) is 18.8. The fourth-order valence-electron chi connectivity index (χ4n) is 3.33. The summed E-state index contributed by atoms with van der Waals surface area (Å²) in [6.45, 7) is 2.83. The second-order valence-corrected chi connectivity index (χ2v) is 7.67. The molecule has 0 fully saturated rings. The molecule has 1 heterocycles. The molecular weight excluding hydrogens is 408 g/mol. The number of esters is 1. The fourth-order valence-corrected chi connectivity index (χ4v) is 3.33. The molecule has 0 spiro atoms. The van der Waals surface area contributed by atoms with E-state index >= 15 is 0 Å². The lowest BCUT2D eigenvalue weighted by Crippen LogP contribution is -2.34. The highest BCUT2D eigenvalue weighted by Gasteiger charge is 2.25. The number of benzene rings is 2. The van der Waals surface area contributed by atoms with Crippen LogP contribution in [0.1, 0.15) is 22.8 Å². The Morgan fingerprint density at radius 1 is 1.09 bits per heavy atom. The Balaban J connectivity index is 1.64. The van der Waals surface area contributed by atoms with Gasteiger partial charge in [0.2, 0.25) is 5.91 Å². The van der Waals surface area contributed by atoms with Crippen molar-refractivity contribution in [1.29, 1.82) is 0 Å². The van der Waals surface area contributed by atoms with Crippen molar-refractivity contribution in [1.82, 2.24) is 4.90 Å². The molecule has 1 aliphatic rings. The van der Waals surface area contributed by atoms with E-state index in [0.29, 0.717) is 36.5 Å². The number of amides is 2. The van der Waals surface area contributed by atoms with Crippen LogP contribution >= 0.6 is 0 Å². The predicted octanol–water partition coefficient (Wildman–Crippen LogP) is 2.84. The molecular formula is C24H28N4O4. The third-order valence-corrected chi connectivity index (χ3v) is 5.01. The SMILES string of the molecule is CCOC(=O)c1ccc2c(c1)NC(=O)/C2=C\CNc1ccc(N(C)C(=O)CN(C)C)cc1. The molecule has 0 radical (unpaired) electrons. The lowest BCUT2D eigenvalue weighted by atomic mass is 10.0. The Morgan fingerprint density at radius 3 is 2.47 bits per heavy atom. The number of hydrogen-bond donors (Lipinski definition) is 2. The average Bonchev–Trinajstić information content (AvgIpc) is 3.07. The van der Waals surface area contributed by atoms with Gasteiger partial charge in [0.05, 0.1) is 18.7 Å². The van der Waals surface area contributed by atoms with Crippen LogP contribution in [-0.4, -0.2) is 63.5 Å². The minimum Gasteiger partial charge on any atom is -0.462 e. The van der Waals surface area contributed by atoms with Gasteiger partial charge in [-0.25, -0.2) is 4.79 Å². The van der Waals surface area contributed by atoms with Gasteiger partial charge < -0.3 is 25.2 Å². The Morgan fingerprint density at radius 2 is 1.81 bits per heavy atom. The second kappa shape index (κ2) is 10.1. The van der Waals surface area contributed by atoms with Crippen molar-refractivity contribution in [2.24, 2.45) is 0 Å². The summed E-state index contributed by atoms with van der Waals surface area (Å²) < 4.78 is 5.01. The molecule has 0 saturated heterocycles. The maximum absolute atomic E-state index is 12.4. The van der Waals surface area contributed by atoms with Crippen LogP contribution in [0.2, 0.25) is 0 Å². The summed E-state index contributed by atoms with van der Waals surface area (Å²) in [6.07, 6.45) is 1.81. The molecule has 1 aliphatic heterocycles. The molecule has 3 rings (SSSR count). The van der Waals surface area contributed by atoms with Gasteiger partial charge in [-0.05, 0) is 57.4 Å². The van der Waals surface area contributed by atoms with Crippen LogP contribution in [0.4, 0.5) is 17.1 Å². The summed E-state index contributed by atoms with van der Waals surface area (Å²) in [5.41, 5.74) is 3.98. The molecule has 0 atom stereocenters. The van der Waals surface area contributed by atoms with Crippen molar-refractivity contribution < 1.29 is 19.1 Å². The molecule has 8 heteroatoms. The summed E-state index contributed by atoms with van der Waals surface area (Å²) in [6, 6.07) is 12.6. The van der Waals surface area contributed by atoms with Gasteiger partial charge in [-0.2, -0.15) is 0 Å². The number of nitrogens with zero attached hydrogens (tertiary/aromatic N) is 2. The number of carbonyl (C=O) groups is 3. The summed E-state index contributed by atoms with van der Waals surface area (Å²) >= 11 is 0. The number of fused-ring (bicyclic) bond motifs is 1. The van der Waals surface area contributed by atoms with Gasteiger partial charge in [-0.15, -0.1) is 0 Å². The largest absolute Gasteiger partial charge is 0.462 e. The van der Waals surface area contributed by atoms with E-state index in [1.165, 1.54) is 0 Å². The van der Waals surface area contributed by atoms with Crippen LogP contribution in [0.15, 0.2) is 48.5 Å². The van der Waals surface area contributed by atoms with Crippen LogP contribution < -0.4 is 15.5 Å². The summed E-state index contributed by atoms with van der Waals surface area (Å²) in [4.78, 5) is 39.9. The maximum Gasteiger partial charge on any atom is 0.338 e. The van der Waals surface area contributed by atoms with Gasteiger partial charge in [-0.1, -0.05) is 12.1 Å². The quantitative estimate of drug-likeness (QED) is 0.489. The summed E-state index contributed by atoms with van der Waals surface area (Å²) in [7, 11) is 5.47. The van der Waals surface area contributed by atoms with Gasteiger partial charge in [0.1, 0.15) is 0 Å². The van der Waals surface area contributed by atoms with E-state index in [-0.39, 0.29) is 11.8 Å². The van der Waals surface area contributed by atoms with Crippen molar-refractivity contribution in [3.63, 3.8) is 0 Å². The van der Waals surface area contributed by atoms with Gasteiger partial charge in [0, 0.05) is 41.8 Å². The second-order valence-electron chi connectivity index (χ2n) is 7.67. The molecule has 168 valence electrons. The van der Waals surface area contributed by atoms with E-state index in [9.17, 15) is 14.4 Å². The Kier molecular flexibility index (Phi) is 7.27. The van der Waals surface area contributed by atoms with Crippen molar-refractivity contribution in [3.05, 3.63) is 59.7 Å². The zero-order chi connectivity index (χ0) is 23.3. The third kappa shape index (κ3) is 5.33. The number of nitrogens with one attached hydrogen (secondary N) is 2. The highest BCUT2D eigenvalue weighted by molar-refractivity contribution is 6.31. The van der Waals surface area contributed by atoms with Gasteiger partial charge in [0.15, 0.2) is 0 Å². The minimum absolute atomic E-state index is 0.0115. The van der Waals surface area contributed by atoms with Crippen LogP contribution in [0.25, 0.3) is 5.57 Å². The van der Waals surface area contributed by atoms with Gasteiger partial charge in [0.25, 0.3) is 5.91 Å². The number of anilines is 3. The monoisotopic (exact) mass is 436 g/mol. The molecule has 0 unspecified atom stereocenters. The number of likely N-dealkylation sites (N-methyl/N-ethyl adjacent to an activating group) is 2.